The number of nitrogens with one attached hydrogen (secondary N) is 2. The molecule has 1 unspecified atom stereocenters. The number of nitrogens with zero attached hydrogens (tertiary/aromatic N) is 1. The van der Waals surface area contributed by atoms with Crippen molar-refractivity contribution in [3.05, 3.63) is 93.0 Å². The molecule has 64 heavy (non-hydrogen) atoms. The van der Waals surface area contributed by atoms with Gasteiger partial charge in [-0.1, -0.05) is 57.4 Å². The first-order chi connectivity index (χ1) is 30.7. The third kappa shape index (κ3) is 13.5. The van der Waals surface area contributed by atoms with E-state index in [0.717, 1.165) is 38.2 Å². The molecular formula is C48H64N4O12. The standard InChI is InChI=1S/C48H64N4O12/c1-29-23-35-43(50-17-10-8-7-9-11-20-62-33-15-16-34-37(53)28-42(63-40(34)26-33)52-18-21-61-22-19-52)38(54)27-36(45(35)56)51-47(57)30(2)13-12-14-39(59-5)46(64-48(49)58)32(4)25-31(3)44(55)41(24-29)60-6/h12-16,25-29,31,39,41,44,46,50,55H,7-11,17-24H2,1-6H3,(H2,49,58)(H,51,57)/b14-12-,30-13+,32-25+/t29-,31+,39?,41+,44-,46+/m1/s1. The highest BCUT2D eigenvalue weighted by Gasteiger charge is 2.33. The number of aliphatic hydroxyl groups excluding tert-OH is 1. The Hall–Kier alpha value is -5.55. The SMILES string of the molecule is COC1/C=C\C=C(/C)C(=O)NC2=CC(=O)C(NCCCCCCCOc3ccc4c(=O)cc(N5CCOCC5)oc4c3)=C(C[C@@H](C)C[C@H](OC)[C@H](O)[C@@H](C)/C=C(\C)[C@@H]1OC(N)=O)C2=O. The Morgan fingerprint density at radius 3 is 2.45 bits per heavy atom. The number of ether oxygens (including phenoxy) is 5. The van der Waals surface area contributed by atoms with Crippen molar-refractivity contribution < 1.29 is 52.4 Å². The summed E-state index contributed by atoms with van der Waals surface area (Å²) in [6, 6.07) is 6.79. The molecular weight excluding hydrogens is 825 g/mol. The number of morpholine rings is 1. The lowest BCUT2D eigenvalue weighted by molar-refractivity contribution is -0.120. The van der Waals surface area contributed by atoms with E-state index >= 15 is 0 Å². The number of allylic oxidation sites excluding steroid dienone is 4. The number of fused-ring (bicyclic) bond motifs is 3. The van der Waals surface area contributed by atoms with Gasteiger partial charge in [-0.3, -0.25) is 19.2 Å². The van der Waals surface area contributed by atoms with Gasteiger partial charge in [0.25, 0.3) is 5.91 Å². The number of nitrogens with two attached hydrogens (primary N) is 1. The molecule has 0 saturated carbocycles. The van der Waals surface area contributed by atoms with Crippen molar-refractivity contribution in [2.75, 3.05) is 58.6 Å². The number of anilines is 1. The Morgan fingerprint density at radius 2 is 1.73 bits per heavy atom. The summed E-state index contributed by atoms with van der Waals surface area (Å²) in [5, 5.41) is 17.8. The summed E-state index contributed by atoms with van der Waals surface area (Å²) in [4.78, 5) is 67.7. The molecule has 3 aliphatic rings. The molecule has 2 aliphatic heterocycles. The van der Waals surface area contributed by atoms with Crippen LogP contribution in [0.4, 0.5) is 10.7 Å². The van der Waals surface area contributed by atoms with Crippen LogP contribution < -0.4 is 31.4 Å². The minimum atomic E-state index is -1.01. The van der Waals surface area contributed by atoms with Gasteiger partial charge in [0.05, 0.1) is 48.8 Å². The van der Waals surface area contributed by atoms with Gasteiger partial charge in [-0.2, -0.15) is 0 Å². The summed E-state index contributed by atoms with van der Waals surface area (Å²) in [5.74, 6) is -1.03. The average molecular weight is 889 g/mol. The zero-order valence-electron chi connectivity index (χ0n) is 37.8. The topological polar surface area (TPSA) is 218 Å². The van der Waals surface area contributed by atoms with Gasteiger partial charge in [-0.25, -0.2) is 4.79 Å². The zero-order valence-corrected chi connectivity index (χ0v) is 37.8. The van der Waals surface area contributed by atoms with Crippen LogP contribution in [-0.2, 0) is 33.3 Å². The van der Waals surface area contributed by atoms with E-state index < -0.39 is 53.9 Å². The van der Waals surface area contributed by atoms with E-state index in [0.29, 0.717) is 74.1 Å². The highest BCUT2D eigenvalue weighted by Crippen LogP contribution is 2.29. The lowest BCUT2D eigenvalue weighted by Crippen LogP contribution is -2.38. The number of hydrogen-bond acceptors (Lipinski definition) is 14. The molecule has 5 rings (SSSR count). The molecule has 1 aromatic heterocycles. The molecule has 1 saturated heterocycles. The lowest BCUT2D eigenvalue weighted by atomic mass is 9.85. The van der Waals surface area contributed by atoms with Crippen molar-refractivity contribution >= 4 is 40.4 Å². The Bertz CT molecular complexity index is 2200. The predicted molar refractivity (Wildman–Crippen MR) is 242 cm³/mol. The predicted octanol–water partition coefficient (Wildman–Crippen LogP) is 5.32. The first kappa shape index (κ1) is 49.5. The van der Waals surface area contributed by atoms with Gasteiger partial charge in [0, 0.05) is 69.1 Å². The number of rotatable bonds is 14. The van der Waals surface area contributed by atoms with Crippen LogP contribution in [-0.4, -0.2) is 107 Å². The molecule has 6 atom stereocenters. The molecule has 0 spiro atoms. The first-order valence-electron chi connectivity index (χ1n) is 22.1. The van der Waals surface area contributed by atoms with Crippen molar-refractivity contribution in [2.24, 2.45) is 17.6 Å². The number of benzene rings is 1. The summed E-state index contributed by atoms with van der Waals surface area (Å²) in [5.41, 5.74) is 6.92. The van der Waals surface area contributed by atoms with E-state index in [1.807, 2.05) is 18.7 Å². The first-order valence-corrected chi connectivity index (χ1v) is 22.1. The third-order valence-corrected chi connectivity index (χ3v) is 11.7. The van der Waals surface area contributed by atoms with Crippen molar-refractivity contribution in [3.63, 3.8) is 0 Å². The van der Waals surface area contributed by atoms with Crippen LogP contribution in [0.2, 0.25) is 0 Å². The van der Waals surface area contributed by atoms with E-state index in [4.69, 9.17) is 33.8 Å². The van der Waals surface area contributed by atoms with Crippen LogP contribution in [0, 0.1) is 11.8 Å². The van der Waals surface area contributed by atoms with Crippen LogP contribution in [0.15, 0.2) is 92.0 Å². The summed E-state index contributed by atoms with van der Waals surface area (Å²) >= 11 is 0. The summed E-state index contributed by atoms with van der Waals surface area (Å²) in [6.45, 7) is 10.4. The summed E-state index contributed by atoms with van der Waals surface area (Å²) < 4.78 is 34.3. The minimum Gasteiger partial charge on any atom is -0.493 e. The van der Waals surface area contributed by atoms with E-state index in [9.17, 15) is 29.1 Å². The zero-order chi connectivity index (χ0) is 46.3. The van der Waals surface area contributed by atoms with Crippen molar-refractivity contribution in [3.8, 4) is 5.75 Å². The Balaban J connectivity index is 1.21. The number of primary amides is 1. The fourth-order valence-electron chi connectivity index (χ4n) is 8.09. The number of methoxy groups -OCH3 is 2. The molecule has 0 radical (unpaired) electrons. The molecule has 16 nitrogen and oxygen atoms in total. The number of carbonyl (C=O) groups is 4. The van der Waals surface area contributed by atoms with Crippen LogP contribution in [0.3, 0.4) is 0 Å². The van der Waals surface area contributed by atoms with E-state index in [-0.39, 0.29) is 40.3 Å². The largest absolute Gasteiger partial charge is 0.493 e. The maximum Gasteiger partial charge on any atom is 0.405 e. The van der Waals surface area contributed by atoms with Crippen molar-refractivity contribution in [1.82, 2.24) is 10.6 Å². The second-order valence-corrected chi connectivity index (χ2v) is 16.7. The maximum atomic E-state index is 14.1. The number of unbranched alkanes of at least 4 members (excludes halogenated alkanes) is 4. The van der Waals surface area contributed by atoms with E-state index in [2.05, 4.69) is 10.6 Å². The quantitative estimate of drug-likeness (QED) is 0.107. The van der Waals surface area contributed by atoms with Crippen LogP contribution >= 0.6 is 0 Å². The fourth-order valence-corrected chi connectivity index (χ4v) is 8.09. The molecule has 3 heterocycles. The highest BCUT2D eigenvalue weighted by atomic mass is 16.6. The number of Topliss-reactive ketones (excluding diaryl/α,β-unsaturated/α-hetero) is 1. The fraction of sp³-hybridized carbons (Fsp3) is 0.521. The number of amides is 2. The van der Waals surface area contributed by atoms with Gasteiger partial charge in [0.1, 0.15) is 17.4 Å². The molecule has 1 aliphatic carbocycles. The van der Waals surface area contributed by atoms with Gasteiger partial charge in [-0.05, 0) is 63.2 Å². The average Bonchev–Trinajstić information content (AvgIpc) is 3.27. The lowest BCUT2D eigenvalue weighted by Gasteiger charge is -2.30. The van der Waals surface area contributed by atoms with Gasteiger partial charge in [0.2, 0.25) is 11.6 Å². The monoisotopic (exact) mass is 888 g/mol. The van der Waals surface area contributed by atoms with E-state index in [1.165, 1.54) is 26.4 Å². The van der Waals surface area contributed by atoms with Gasteiger partial charge in [0.15, 0.2) is 17.4 Å². The van der Waals surface area contributed by atoms with Crippen LogP contribution in [0.1, 0.15) is 72.6 Å². The molecule has 5 N–H and O–H groups in total. The molecule has 2 amide bonds. The minimum absolute atomic E-state index is 0.101. The number of carbonyl (C=O) groups excluding carboxylic acids is 4. The summed E-state index contributed by atoms with van der Waals surface area (Å²) in [7, 11) is 2.93. The van der Waals surface area contributed by atoms with Gasteiger partial charge >= 0.3 is 6.09 Å². The second-order valence-electron chi connectivity index (χ2n) is 16.7. The smallest absolute Gasteiger partial charge is 0.405 e. The third-order valence-electron chi connectivity index (χ3n) is 11.7. The Kier molecular flexibility index (Phi) is 18.5. The van der Waals surface area contributed by atoms with E-state index in [1.54, 1.807) is 50.3 Å². The van der Waals surface area contributed by atoms with Crippen molar-refractivity contribution in [2.45, 2.75) is 97.1 Å². The van der Waals surface area contributed by atoms with Gasteiger partial charge in [-0.15, -0.1) is 0 Å². The second kappa shape index (κ2) is 23.9. The maximum absolute atomic E-state index is 14.1. The number of ketones is 2. The molecule has 16 heteroatoms. The Labute approximate surface area is 374 Å². The molecule has 1 aromatic carbocycles. The van der Waals surface area contributed by atoms with Gasteiger partial charge < -0.3 is 54.5 Å². The molecule has 2 aromatic rings. The van der Waals surface area contributed by atoms with Crippen LogP contribution in [0.5, 0.6) is 5.75 Å². The normalized spacial score (nSPS) is 26.3. The highest BCUT2D eigenvalue weighted by molar-refractivity contribution is 6.23. The van der Waals surface area contributed by atoms with Crippen LogP contribution in [0.25, 0.3) is 11.0 Å². The summed E-state index contributed by atoms with van der Waals surface area (Å²) in [6.07, 6.45) is 7.97. The molecule has 2 bridgehead atoms. The Morgan fingerprint density at radius 1 is 1.00 bits per heavy atom. The number of aliphatic hydroxyl groups is 1. The van der Waals surface area contributed by atoms with Crippen molar-refractivity contribution in [1.29, 1.82) is 0 Å². The number of hydrogen-bond donors (Lipinski definition) is 4. The molecule has 348 valence electrons. The molecule has 1 fully saturated rings.